The highest BCUT2D eigenvalue weighted by atomic mass is 16.4. The highest BCUT2D eigenvalue weighted by Crippen LogP contribution is 2.20. The van der Waals surface area contributed by atoms with Crippen LogP contribution in [0.3, 0.4) is 0 Å². The van der Waals surface area contributed by atoms with Gasteiger partial charge in [0.2, 0.25) is 0 Å². The Morgan fingerprint density at radius 3 is 2.94 bits per heavy atom. The maximum atomic E-state index is 9.43. The van der Waals surface area contributed by atoms with E-state index in [1.54, 1.807) is 17.1 Å². The van der Waals surface area contributed by atoms with Gasteiger partial charge in [0.25, 0.3) is 0 Å². The van der Waals surface area contributed by atoms with Crippen LogP contribution in [-0.4, -0.2) is 36.7 Å². The molecule has 2 rings (SSSR count). The van der Waals surface area contributed by atoms with Gasteiger partial charge >= 0.3 is 7.12 Å². The average Bonchev–Trinajstić information content (AvgIpc) is 2.73. The van der Waals surface area contributed by atoms with Gasteiger partial charge in [-0.1, -0.05) is 19.8 Å². The quantitative estimate of drug-likeness (QED) is 0.739. The predicted octanol–water partition coefficient (Wildman–Crippen LogP) is 0.570. The molecule has 2 N–H and O–H groups in total. The summed E-state index contributed by atoms with van der Waals surface area (Å²) in [5, 5.41) is 18.9. The molecule has 0 aliphatic rings. The normalized spacial score (nSPS) is 12.9. The van der Waals surface area contributed by atoms with Crippen molar-refractivity contribution in [1.82, 2.24) is 19.5 Å². The molecule has 0 spiro atoms. The van der Waals surface area contributed by atoms with Gasteiger partial charge in [0.15, 0.2) is 5.65 Å². The largest absolute Gasteiger partial charge is 0.476 e. The molecule has 17 heavy (non-hydrogen) atoms. The number of hydrogen-bond acceptors (Lipinski definition) is 5. The van der Waals surface area contributed by atoms with Gasteiger partial charge < -0.3 is 14.6 Å². The van der Waals surface area contributed by atoms with Crippen molar-refractivity contribution >= 4 is 18.3 Å². The molecule has 2 aromatic heterocycles. The summed E-state index contributed by atoms with van der Waals surface area (Å²) in [7, 11) is -1.41. The third-order valence-corrected chi connectivity index (χ3v) is 2.79. The molecule has 0 fully saturated rings. The molecule has 0 bridgehead atoms. The van der Waals surface area contributed by atoms with Gasteiger partial charge in [-0.3, -0.25) is 0 Å². The Morgan fingerprint density at radius 1 is 1.41 bits per heavy atom. The van der Waals surface area contributed by atoms with E-state index in [1.165, 1.54) is 6.33 Å². The van der Waals surface area contributed by atoms with Crippen LogP contribution in [0.5, 0.6) is 0 Å². The van der Waals surface area contributed by atoms with Crippen molar-refractivity contribution in [3.05, 3.63) is 18.9 Å². The molecule has 2 aromatic rings. The zero-order valence-corrected chi connectivity index (χ0v) is 9.69. The number of hydrogen-bond donors (Lipinski definition) is 2. The van der Waals surface area contributed by atoms with Crippen molar-refractivity contribution in [3.63, 3.8) is 0 Å². The highest BCUT2D eigenvalue weighted by Gasteiger charge is 2.26. The summed E-state index contributed by atoms with van der Waals surface area (Å²) in [6.07, 6.45) is 7.24. The molecule has 6 nitrogen and oxygen atoms in total. The lowest BCUT2D eigenvalue weighted by Crippen LogP contribution is -2.28. The molecule has 0 radical (unpaired) electrons. The summed E-state index contributed by atoms with van der Waals surface area (Å²) in [5.74, 6) is -0.408. The molecule has 0 amide bonds. The maximum Gasteiger partial charge on any atom is 0.476 e. The van der Waals surface area contributed by atoms with Gasteiger partial charge in [-0.05, 0) is 6.42 Å². The summed E-state index contributed by atoms with van der Waals surface area (Å²) in [6, 6.07) is 0. The van der Waals surface area contributed by atoms with E-state index in [0.29, 0.717) is 17.6 Å². The minimum atomic E-state index is -1.41. The fraction of sp³-hybridized carbons (Fsp3) is 0.500. The molecular formula is C10H15BN4O2. The van der Waals surface area contributed by atoms with Gasteiger partial charge in [0, 0.05) is 0 Å². The van der Waals surface area contributed by atoms with Crippen molar-refractivity contribution in [2.75, 3.05) is 0 Å². The SMILES string of the molecule is CCCCC(B(O)O)n1cnc2cncnc21. The third kappa shape index (κ3) is 2.45. The Morgan fingerprint density at radius 2 is 2.24 bits per heavy atom. The Kier molecular flexibility index (Phi) is 3.70. The lowest BCUT2D eigenvalue weighted by molar-refractivity contribution is 0.353. The van der Waals surface area contributed by atoms with Crippen LogP contribution in [0.2, 0.25) is 0 Å². The highest BCUT2D eigenvalue weighted by molar-refractivity contribution is 6.42. The number of aromatic nitrogens is 4. The molecule has 0 aliphatic heterocycles. The van der Waals surface area contributed by atoms with E-state index >= 15 is 0 Å². The maximum absolute atomic E-state index is 9.43. The fourth-order valence-corrected chi connectivity index (χ4v) is 1.87. The average molecular weight is 234 g/mol. The van der Waals surface area contributed by atoms with Gasteiger partial charge in [-0.15, -0.1) is 0 Å². The third-order valence-electron chi connectivity index (χ3n) is 2.79. The molecule has 0 aliphatic carbocycles. The molecule has 90 valence electrons. The van der Waals surface area contributed by atoms with Gasteiger partial charge in [-0.2, -0.15) is 0 Å². The molecule has 2 heterocycles. The predicted molar refractivity (Wildman–Crippen MR) is 64.1 cm³/mol. The summed E-state index contributed by atoms with van der Waals surface area (Å²) in [5.41, 5.74) is 1.30. The number of imidazole rings is 1. The van der Waals surface area contributed by atoms with Crippen LogP contribution in [-0.2, 0) is 0 Å². The number of nitrogens with zero attached hydrogens (tertiary/aromatic N) is 4. The smallest absolute Gasteiger partial charge is 0.426 e. The van der Waals surface area contributed by atoms with Crippen LogP contribution >= 0.6 is 0 Å². The lowest BCUT2D eigenvalue weighted by Gasteiger charge is -2.17. The van der Waals surface area contributed by atoms with Crippen LogP contribution in [0.4, 0.5) is 0 Å². The van der Waals surface area contributed by atoms with Crippen LogP contribution in [0.1, 0.15) is 32.1 Å². The number of rotatable bonds is 5. The first-order chi connectivity index (χ1) is 8.24. The second kappa shape index (κ2) is 5.24. The lowest BCUT2D eigenvalue weighted by atomic mass is 9.76. The minimum absolute atomic E-state index is 0.408. The molecule has 0 saturated carbocycles. The Labute approximate surface area is 99.5 Å². The van der Waals surface area contributed by atoms with Crippen molar-refractivity contribution in [2.24, 2.45) is 0 Å². The Hall–Kier alpha value is -1.47. The Balaban J connectivity index is 2.34. The van der Waals surface area contributed by atoms with Crippen LogP contribution in [0.25, 0.3) is 11.2 Å². The van der Waals surface area contributed by atoms with E-state index in [2.05, 4.69) is 21.9 Å². The first-order valence-corrected chi connectivity index (χ1v) is 5.72. The summed E-state index contributed by atoms with van der Waals surface area (Å²) >= 11 is 0. The van der Waals surface area contributed by atoms with E-state index in [4.69, 9.17) is 0 Å². The number of fused-ring (bicyclic) bond motifs is 1. The summed E-state index contributed by atoms with van der Waals surface area (Å²) in [4.78, 5) is 12.1. The summed E-state index contributed by atoms with van der Waals surface area (Å²) < 4.78 is 1.71. The van der Waals surface area contributed by atoms with Crippen LogP contribution in [0, 0.1) is 0 Å². The second-order valence-corrected chi connectivity index (χ2v) is 4.01. The Bertz CT molecular complexity index is 488. The van der Waals surface area contributed by atoms with E-state index in [9.17, 15) is 10.0 Å². The molecule has 1 unspecified atom stereocenters. The van der Waals surface area contributed by atoms with Crippen LogP contribution < -0.4 is 0 Å². The van der Waals surface area contributed by atoms with Crippen molar-refractivity contribution in [2.45, 2.75) is 32.1 Å². The number of unbranched alkanes of at least 4 members (excludes halogenated alkanes) is 1. The zero-order chi connectivity index (χ0) is 12.3. The molecule has 0 aromatic carbocycles. The standard InChI is InChI=1S/C10H15BN4O2/c1-2-3-4-9(11(16)17)15-7-14-8-5-12-6-13-10(8)15/h5-7,9,16-17H,2-4H2,1H3. The van der Waals surface area contributed by atoms with E-state index in [-0.39, 0.29) is 0 Å². The van der Waals surface area contributed by atoms with Crippen molar-refractivity contribution in [1.29, 1.82) is 0 Å². The van der Waals surface area contributed by atoms with Gasteiger partial charge in [-0.25, -0.2) is 15.0 Å². The van der Waals surface area contributed by atoms with E-state index in [1.807, 2.05) is 0 Å². The monoisotopic (exact) mass is 234 g/mol. The van der Waals surface area contributed by atoms with E-state index < -0.39 is 13.1 Å². The van der Waals surface area contributed by atoms with Crippen LogP contribution in [0.15, 0.2) is 18.9 Å². The zero-order valence-electron chi connectivity index (χ0n) is 9.69. The minimum Gasteiger partial charge on any atom is -0.426 e. The molecular weight excluding hydrogens is 219 g/mol. The summed E-state index contributed by atoms with van der Waals surface area (Å²) in [6.45, 7) is 2.06. The molecule has 1 atom stereocenters. The topological polar surface area (TPSA) is 84.1 Å². The van der Waals surface area contributed by atoms with E-state index in [0.717, 1.165) is 12.8 Å². The van der Waals surface area contributed by atoms with Crippen molar-refractivity contribution in [3.8, 4) is 0 Å². The second-order valence-electron chi connectivity index (χ2n) is 4.01. The first kappa shape index (κ1) is 12.0. The fourth-order valence-electron chi connectivity index (χ4n) is 1.87. The first-order valence-electron chi connectivity index (χ1n) is 5.72. The molecule has 7 heteroatoms. The molecule has 0 saturated heterocycles. The van der Waals surface area contributed by atoms with Crippen molar-refractivity contribution < 1.29 is 10.0 Å². The van der Waals surface area contributed by atoms with Gasteiger partial charge in [0.1, 0.15) is 11.8 Å². The van der Waals surface area contributed by atoms with Gasteiger partial charge in [0.05, 0.1) is 18.5 Å².